The van der Waals surface area contributed by atoms with Crippen LogP contribution in [0, 0.1) is 0 Å². The first-order valence-corrected chi connectivity index (χ1v) is 12.4. The second kappa shape index (κ2) is 17.4. The largest absolute Gasteiger partial charge is 0.490 e. The molecule has 2 aromatic rings. The van der Waals surface area contributed by atoms with E-state index in [0.29, 0.717) is 12.6 Å². The molecule has 11 nitrogen and oxygen atoms in total. The molecule has 2 fully saturated rings. The Hall–Kier alpha value is -4.04. The van der Waals surface area contributed by atoms with Gasteiger partial charge in [-0.2, -0.15) is 39.5 Å². The molecule has 1 aliphatic heterocycles. The van der Waals surface area contributed by atoms with E-state index in [0.717, 1.165) is 43.9 Å². The van der Waals surface area contributed by atoms with Crippen LogP contribution in [0.1, 0.15) is 24.2 Å². The average molecular weight is 667 g/mol. The Morgan fingerprint density at radius 3 is 1.62 bits per heavy atom. The Labute approximate surface area is 248 Å². The summed E-state index contributed by atoms with van der Waals surface area (Å²) in [5.41, 5.74) is 2.10. The molecule has 0 amide bonds. The molecule has 20 heteroatoms. The van der Waals surface area contributed by atoms with E-state index in [1.807, 2.05) is 42.7 Å². The van der Waals surface area contributed by atoms with Gasteiger partial charge in [-0.15, -0.1) is 0 Å². The summed E-state index contributed by atoms with van der Waals surface area (Å²) in [6, 6.07) is 12.4. The third-order valence-corrected chi connectivity index (χ3v) is 5.64. The summed E-state index contributed by atoms with van der Waals surface area (Å²) in [5, 5.41) is 21.4. The molecule has 3 heterocycles. The molecule has 0 bridgehead atoms. The van der Waals surface area contributed by atoms with Crippen molar-refractivity contribution >= 4 is 17.9 Å². The van der Waals surface area contributed by atoms with Crippen LogP contribution < -0.4 is 0 Å². The molecule has 4 rings (SSSR count). The molecule has 45 heavy (non-hydrogen) atoms. The number of carboxylic acid groups (broad SMARTS) is 3. The molecule has 1 saturated heterocycles. The Bertz CT molecular complexity index is 1140. The fraction of sp³-hybridized carbons (Fsp3) is 0.480. The third-order valence-electron chi connectivity index (χ3n) is 5.64. The van der Waals surface area contributed by atoms with Crippen molar-refractivity contribution in [2.45, 2.75) is 62.8 Å². The van der Waals surface area contributed by atoms with E-state index in [9.17, 15) is 39.5 Å². The SMILES string of the molecule is O=C(O)C(F)(F)F.O=C(O)C(F)(F)F.O=C(O)C(F)(F)F.c1ccc(CO[C@@H]2CC[C@H]3[C@H]2OCCN3Cc2ccccn2)nc1. The summed E-state index contributed by atoms with van der Waals surface area (Å²) in [6.45, 7) is 3.17. The molecular weight excluding hydrogens is 641 g/mol. The quantitative estimate of drug-likeness (QED) is 0.390. The fourth-order valence-corrected chi connectivity index (χ4v) is 3.74. The van der Waals surface area contributed by atoms with Gasteiger partial charge in [0, 0.05) is 31.5 Å². The number of alkyl halides is 9. The minimum Gasteiger partial charge on any atom is -0.475 e. The number of carboxylic acids is 3. The highest BCUT2D eigenvalue weighted by Gasteiger charge is 2.43. The number of rotatable bonds is 5. The number of carbonyl (C=O) groups is 3. The Morgan fingerprint density at radius 1 is 0.778 bits per heavy atom. The molecule has 3 atom stereocenters. The van der Waals surface area contributed by atoms with Crippen molar-refractivity contribution < 1.29 is 78.7 Å². The van der Waals surface area contributed by atoms with E-state index in [1.165, 1.54) is 0 Å². The Morgan fingerprint density at radius 2 is 1.22 bits per heavy atom. The van der Waals surface area contributed by atoms with E-state index in [2.05, 4.69) is 20.9 Å². The normalized spacial score (nSPS) is 19.7. The lowest BCUT2D eigenvalue weighted by Crippen LogP contribution is -2.51. The fourth-order valence-electron chi connectivity index (χ4n) is 3.74. The van der Waals surface area contributed by atoms with Crippen molar-refractivity contribution in [2.24, 2.45) is 0 Å². The third kappa shape index (κ3) is 15.0. The summed E-state index contributed by atoms with van der Waals surface area (Å²) < 4.78 is 107. The van der Waals surface area contributed by atoms with Gasteiger partial charge in [-0.05, 0) is 37.1 Å². The van der Waals surface area contributed by atoms with Gasteiger partial charge in [0.05, 0.1) is 36.8 Å². The number of hydrogen-bond acceptors (Lipinski definition) is 8. The zero-order valence-corrected chi connectivity index (χ0v) is 22.7. The van der Waals surface area contributed by atoms with Gasteiger partial charge >= 0.3 is 36.4 Å². The number of aliphatic carboxylic acids is 3. The van der Waals surface area contributed by atoms with Gasteiger partial charge in [-0.1, -0.05) is 12.1 Å². The highest BCUT2D eigenvalue weighted by molar-refractivity contribution is 5.73. The summed E-state index contributed by atoms with van der Waals surface area (Å²) in [5.74, 6) is -8.27. The first-order valence-electron chi connectivity index (χ1n) is 12.4. The summed E-state index contributed by atoms with van der Waals surface area (Å²) >= 11 is 0. The molecule has 252 valence electrons. The monoisotopic (exact) mass is 667 g/mol. The van der Waals surface area contributed by atoms with Gasteiger partial charge in [0.25, 0.3) is 0 Å². The maximum Gasteiger partial charge on any atom is 0.490 e. The molecule has 0 aromatic carbocycles. The standard InChI is InChI=1S/C19H23N3O2.3C2HF3O2/c1-3-9-20-15(5-1)13-22-11-12-23-19-17(22)7-8-18(19)24-14-16-6-2-4-10-21-16;3*3-2(4,5)1(6)7/h1-6,9-10,17-19H,7-8,11-14H2;3*(H,6,7)/t17-,18+,19+;;;/m0.../s1. The molecule has 3 N–H and O–H groups in total. The van der Waals surface area contributed by atoms with Crippen molar-refractivity contribution in [3.05, 3.63) is 60.2 Å². The van der Waals surface area contributed by atoms with Crippen molar-refractivity contribution in [1.82, 2.24) is 14.9 Å². The maximum absolute atomic E-state index is 10.6. The van der Waals surface area contributed by atoms with Gasteiger partial charge in [0.1, 0.15) is 0 Å². The van der Waals surface area contributed by atoms with Gasteiger partial charge in [0.2, 0.25) is 0 Å². The van der Waals surface area contributed by atoms with E-state index >= 15 is 0 Å². The van der Waals surface area contributed by atoms with Crippen LogP contribution in [0.25, 0.3) is 0 Å². The molecule has 0 radical (unpaired) electrons. The van der Waals surface area contributed by atoms with Crippen LogP contribution in [-0.4, -0.2) is 98.0 Å². The van der Waals surface area contributed by atoms with E-state index < -0.39 is 36.4 Å². The highest BCUT2D eigenvalue weighted by atomic mass is 19.4. The number of fused-ring (bicyclic) bond motifs is 1. The molecule has 0 spiro atoms. The number of aromatic nitrogens is 2. The van der Waals surface area contributed by atoms with E-state index in [-0.39, 0.29) is 12.2 Å². The number of pyridine rings is 2. The first-order chi connectivity index (χ1) is 20.7. The van der Waals surface area contributed by atoms with Crippen LogP contribution in [0.4, 0.5) is 39.5 Å². The van der Waals surface area contributed by atoms with Gasteiger partial charge < -0.3 is 24.8 Å². The number of ether oxygens (including phenoxy) is 2. The van der Waals surface area contributed by atoms with Crippen LogP contribution in [0.15, 0.2) is 48.8 Å². The second-order valence-electron chi connectivity index (χ2n) is 8.85. The van der Waals surface area contributed by atoms with Crippen molar-refractivity contribution in [2.75, 3.05) is 13.2 Å². The van der Waals surface area contributed by atoms with Crippen LogP contribution in [0.3, 0.4) is 0 Å². The first kappa shape index (κ1) is 39.0. The average Bonchev–Trinajstić information content (AvgIpc) is 3.37. The molecule has 0 unspecified atom stereocenters. The predicted octanol–water partition coefficient (Wildman–Crippen LogP) is 4.33. The predicted molar refractivity (Wildman–Crippen MR) is 131 cm³/mol. The van der Waals surface area contributed by atoms with E-state index in [1.54, 1.807) is 0 Å². The lowest BCUT2D eigenvalue weighted by atomic mass is 10.1. The minimum absolute atomic E-state index is 0.156. The topological polar surface area (TPSA) is 159 Å². The molecular formula is C25H26F9N3O8. The number of morpholine rings is 1. The van der Waals surface area contributed by atoms with E-state index in [4.69, 9.17) is 39.2 Å². The number of nitrogens with zero attached hydrogens (tertiary/aromatic N) is 3. The molecule has 2 aromatic heterocycles. The minimum atomic E-state index is -5.08. The van der Waals surface area contributed by atoms with Crippen LogP contribution >= 0.6 is 0 Å². The van der Waals surface area contributed by atoms with Crippen LogP contribution in [0.5, 0.6) is 0 Å². The summed E-state index contributed by atoms with van der Waals surface area (Å²) in [6.07, 6.45) is -9.11. The lowest BCUT2D eigenvalue weighted by molar-refractivity contribution is -0.193. The van der Waals surface area contributed by atoms with Gasteiger partial charge in [0.15, 0.2) is 0 Å². The maximum atomic E-state index is 10.6. The second-order valence-corrected chi connectivity index (χ2v) is 8.85. The number of hydrogen-bond donors (Lipinski definition) is 3. The highest BCUT2D eigenvalue weighted by Crippen LogP contribution is 2.33. The Kier molecular flexibility index (Phi) is 15.1. The zero-order chi connectivity index (χ0) is 34.4. The van der Waals surface area contributed by atoms with Crippen LogP contribution in [0.2, 0.25) is 0 Å². The van der Waals surface area contributed by atoms with Crippen molar-refractivity contribution in [3.63, 3.8) is 0 Å². The van der Waals surface area contributed by atoms with Gasteiger partial charge in [-0.25, -0.2) is 14.4 Å². The molecule has 1 saturated carbocycles. The summed E-state index contributed by atoms with van der Waals surface area (Å²) in [4.78, 5) is 38.0. The van der Waals surface area contributed by atoms with Crippen molar-refractivity contribution in [3.8, 4) is 0 Å². The smallest absolute Gasteiger partial charge is 0.475 e. The van der Waals surface area contributed by atoms with Crippen molar-refractivity contribution in [1.29, 1.82) is 0 Å². The zero-order valence-electron chi connectivity index (χ0n) is 22.7. The Balaban J connectivity index is 0.000000396. The van der Waals surface area contributed by atoms with Crippen LogP contribution in [-0.2, 0) is 37.0 Å². The summed E-state index contributed by atoms with van der Waals surface area (Å²) in [7, 11) is 0. The van der Waals surface area contributed by atoms with Gasteiger partial charge in [-0.3, -0.25) is 14.9 Å². The molecule has 1 aliphatic carbocycles. The lowest BCUT2D eigenvalue weighted by Gasteiger charge is -2.38. The number of halogens is 9. The molecule has 2 aliphatic rings.